The van der Waals surface area contributed by atoms with Crippen LogP contribution in [0.2, 0.25) is 0 Å². The van der Waals surface area contributed by atoms with Crippen LogP contribution in [-0.4, -0.2) is 68.0 Å². The fourth-order valence-electron chi connectivity index (χ4n) is 4.02. The Morgan fingerprint density at radius 2 is 1.89 bits per heavy atom. The summed E-state index contributed by atoms with van der Waals surface area (Å²) in [6.45, 7) is 6.49. The van der Waals surface area contributed by atoms with Crippen LogP contribution in [0.4, 0.5) is 5.69 Å². The Bertz CT molecular complexity index is 656. The Morgan fingerprint density at radius 1 is 1.15 bits per heavy atom. The minimum absolute atomic E-state index is 0.136. The first-order valence-electron chi connectivity index (χ1n) is 10.1. The number of amides is 2. The lowest BCUT2D eigenvalue weighted by Gasteiger charge is -2.37. The van der Waals surface area contributed by atoms with Gasteiger partial charge in [-0.15, -0.1) is 0 Å². The first-order valence-corrected chi connectivity index (χ1v) is 10.1. The third-order valence-electron chi connectivity index (χ3n) is 5.61. The van der Waals surface area contributed by atoms with E-state index in [1.165, 1.54) is 0 Å². The third kappa shape index (κ3) is 4.54. The molecule has 148 valence electrons. The minimum Gasteiger partial charge on any atom is -0.495 e. The van der Waals surface area contributed by atoms with Crippen LogP contribution in [0.5, 0.6) is 5.75 Å². The van der Waals surface area contributed by atoms with Gasteiger partial charge in [-0.3, -0.25) is 9.59 Å². The van der Waals surface area contributed by atoms with E-state index in [-0.39, 0.29) is 17.7 Å². The van der Waals surface area contributed by atoms with Crippen LogP contribution in [0.3, 0.4) is 0 Å². The van der Waals surface area contributed by atoms with Crippen LogP contribution in [0.1, 0.15) is 32.6 Å². The molecule has 6 heteroatoms. The number of unbranched alkanes of at least 4 members (excludes halogenated alkanes) is 2. The highest BCUT2D eigenvalue weighted by Gasteiger charge is 2.37. The summed E-state index contributed by atoms with van der Waals surface area (Å²) < 4.78 is 5.45. The quantitative estimate of drug-likeness (QED) is 0.689. The van der Waals surface area contributed by atoms with Gasteiger partial charge in [-0.1, -0.05) is 31.9 Å². The number of likely N-dealkylation sites (tertiary alicyclic amines) is 1. The molecule has 2 amide bonds. The number of piperazine rings is 1. The molecule has 0 saturated carbocycles. The van der Waals surface area contributed by atoms with E-state index in [0.717, 1.165) is 50.3 Å². The van der Waals surface area contributed by atoms with E-state index in [2.05, 4.69) is 17.9 Å². The maximum atomic E-state index is 12.9. The molecular weight excluding hydrogens is 342 g/mol. The Hall–Kier alpha value is -2.24. The van der Waals surface area contributed by atoms with E-state index in [1.807, 2.05) is 28.0 Å². The maximum absolute atomic E-state index is 12.9. The Morgan fingerprint density at radius 3 is 2.59 bits per heavy atom. The summed E-state index contributed by atoms with van der Waals surface area (Å²) in [4.78, 5) is 31.2. The van der Waals surface area contributed by atoms with Gasteiger partial charge in [-0.25, -0.2) is 0 Å². The summed E-state index contributed by atoms with van der Waals surface area (Å²) in [5, 5.41) is 0. The highest BCUT2D eigenvalue weighted by molar-refractivity contribution is 5.89. The number of carbonyl (C=O) groups excluding carboxylic acids is 2. The molecule has 2 aliphatic heterocycles. The second-order valence-corrected chi connectivity index (χ2v) is 7.43. The number of carbonyl (C=O) groups is 2. The lowest BCUT2D eigenvalue weighted by atomic mass is 10.1. The molecule has 0 aromatic heterocycles. The molecule has 0 aliphatic carbocycles. The monoisotopic (exact) mass is 373 g/mol. The zero-order chi connectivity index (χ0) is 19.2. The molecule has 0 N–H and O–H groups in total. The lowest BCUT2D eigenvalue weighted by molar-refractivity contribution is -0.136. The normalized spacial score (nSPS) is 20.3. The predicted molar refractivity (Wildman–Crippen MR) is 106 cm³/mol. The number of ether oxygens (including phenoxy) is 1. The van der Waals surface area contributed by atoms with Crippen LogP contribution in [0, 0.1) is 5.92 Å². The molecular formula is C21H31N3O3. The van der Waals surface area contributed by atoms with E-state index >= 15 is 0 Å². The average molecular weight is 373 g/mol. The van der Waals surface area contributed by atoms with Crippen molar-refractivity contribution in [3.63, 3.8) is 0 Å². The molecule has 1 unspecified atom stereocenters. The van der Waals surface area contributed by atoms with Crippen molar-refractivity contribution in [2.24, 2.45) is 5.92 Å². The summed E-state index contributed by atoms with van der Waals surface area (Å²) in [6.07, 6.45) is 3.67. The standard InChI is InChI=1S/C21H31N3O3/c1-3-4-7-10-24-16-17(15-20(24)25)21(26)23-13-11-22(12-14-23)18-8-5-6-9-19(18)27-2/h5-6,8-9,17H,3-4,7,10-16H2,1-2H3. The molecule has 2 saturated heterocycles. The highest BCUT2D eigenvalue weighted by atomic mass is 16.5. The molecule has 2 fully saturated rings. The molecule has 0 bridgehead atoms. The predicted octanol–water partition coefficient (Wildman–Crippen LogP) is 2.38. The van der Waals surface area contributed by atoms with E-state index in [1.54, 1.807) is 7.11 Å². The molecule has 1 atom stereocenters. The number of anilines is 1. The van der Waals surface area contributed by atoms with Crippen molar-refractivity contribution < 1.29 is 14.3 Å². The van der Waals surface area contributed by atoms with Gasteiger partial charge in [0.05, 0.1) is 18.7 Å². The van der Waals surface area contributed by atoms with E-state index < -0.39 is 0 Å². The highest BCUT2D eigenvalue weighted by Crippen LogP contribution is 2.29. The first-order chi connectivity index (χ1) is 13.1. The fraction of sp³-hybridized carbons (Fsp3) is 0.619. The topological polar surface area (TPSA) is 53.1 Å². The number of benzene rings is 1. The van der Waals surface area contributed by atoms with Crippen molar-refractivity contribution in [1.82, 2.24) is 9.80 Å². The Balaban J connectivity index is 1.52. The Kier molecular flexibility index (Phi) is 6.58. The summed E-state index contributed by atoms with van der Waals surface area (Å²) >= 11 is 0. The largest absolute Gasteiger partial charge is 0.495 e. The molecule has 0 spiro atoms. The van der Waals surface area contributed by atoms with Gasteiger partial charge in [0.1, 0.15) is 5.75 Å². The molecule has 2 aliphatic rings. The average Bonchev–Trinajstić information content (AvgIpc) is 3.08. The second kappa shape index (κ2) is 9.11. The minimum atomic E-state index is -0.170. The van der Waals surface area contributed by atoms with Crippen molar-refractivity contribution in [3.8, 4) is 5.75 Å². The van der Waals surface area contributed by atoms with Crippen molar-refractivity contribution in [2.75, 3.05) is 51.3 Å². The van der Waals surface area contributed by atoms with Gasteiger partial charge < -0.3 is 19.4 Å². The summed E-state index contributed by atoms with van der Waals surface area (Å²) in [5.74, 6) is 0.969. The second-order valence-electron chi connectivity index (χ2n) is 7.43. The van der Waals surface area contributed by atoms with Gasteiger partial charge in [0.25, 0.3) is 0 Å². The van der Waals surface area contributed by atoms with Crippen LogP contribution >= 0.6 is 0 Å². The van der Waals surface area contributed by atoms with Crippen LogP contribution < -0.4 is 9.64 Å². The van der Waals surface area contributed by atoms with Crippen molar-refractivity contribution in [3.05, 3.63) is 24.3 Å². The summed E-state index contributed by atoms with van der Waals surface area (Å²) in [6, 6.07) is 7.99. The number of hydrogen-bond acceptors (Lipinski definition) is 4. The third-order valence-corrected chi connectivity index (χ3v) is 5.61. The number of rotatable bonds is 7. The summed E-state index contributed by atoms with van der Waals surface area (Å²) in [5.41, 5.74) is 1.07. The van der Waals surface area contributed by atoms with Gasteiger partial charge in [0, 0.05) is 45.7 Å². The zero-order valence-corrected chi connectivity index (χ0v) is 16.5. The van der Waals surface area contributed by atoms with Crippen molar-refractivity contribution in [2.45, 2.75) is 32.6 Å². The SMILES string of the molecule is CCCCCN1CC(C(=O)N2CCN(c3ccccc3OC)CC2)CC1=O. The van der Waals surface area contributed by atoms with E-state index in [9.17, 15) is 9.59 Å². The lowest BCUT2D eigenvalue weighted by Crippen LogP contribution is -2.50. The number of methoxy groups -OCH3 is 1. The fourth-order valence-corrected chi connectivity index (χ4v) is 4.02. The summed E-state index contributed by atoms with van der Waals surface area (Å²) in [7, 11) is 1.68. The van der Waals surface area contributed by atoms with Crippen molar-refractivity contribution in [1.29, 1.82) is 0 Å². The molecule has 0 radical (unpaired) electrons. The maximum Gasteiger partial charge on any atom is 0.228 e. The van der Waals surface area contributed by atoms with Gasteiger partial charge >= 0.3 is 0 Å². The Labute approximate surface area is 162 Å². The molecule has 6 nitrogen and oxygen atoms in total. The molecule has 2 heterocycles. The number of hydrogen-bond donors (Lipinski definition) is 0. The van der Waals surface area contributed by atoms with Crippen molar-refractivity contribution >= 4 is 17.5 Å². The van der Waals surface area contributed by atoms with E-state index in [4.69, 9.17) is 4.74 Å². The van der Waals surface area contributed by atoms with Gasteiger partial charge in [-0.05, 0) is 18.6 Å². The van der Waals surface area contributed by atoms with Crippen LogP contribution in [-0.2, 0) is 9.59 Å². The van der Waals surface area contributed by atoms with Crippen LogP contribution in [0.25, 0.3) is 0 Å². The molecule has 1 aromatic rings. The molecule has 27 heavy (non-hydrogen) atoms. The van der Waals surface area contributed by atoms with E-state index in [0.29, 0.717) is 26.1 Å². The van der Waals surface area contributed by atoms with Crippen LogP contribution in [0.15, 0.2) is 24.3 Å². The number of nitrogens with zero attached hydrogens (tertiary/aromatic N) is 3. The zero-order valence-electron chi connectivity index (χ0n) is 16.5. The first kappa shape index (κ1) is 19.5. The smallest absolute Gasteiger partial charge is 0.228 e. The van der Waals surface area contributed by atoms with Gasteiger partial charge in [0.2, 0.25) is 11.8 Å². The molecule has 1 aromatic carbocycles. The van der Waals surface area contributed by atoms with Gasteiger partial charge in [-0.2, -0.15) is 0 Å². The van der Waals surface area contributed by atoms with Gasteiger partial charge in [0.15, 0.2) is 0 Å². The molecule has 3 rings (SSSR count). The number of para-hydroxylation sites is 2.